The molecule has 0 unspecified atom stereocenters. The Kier molecular flexibility index (Phi) is 12.3. The van der Waals surface area contributed by atoms with Gasteiger partial charge in [-0.2, -0.15) is 5.10 Å². The van der Waals surface area contributed by atoms with E-state index in [0.29, 0.717) is 49.4 Å². The second-order valence-corrected chi connectivity index (χ2v) is 11.5. The molecule has 3 N–H and O–H groups in total. The fourth-order valence-electron chi connectivity index (χ4n) is 5.40. The Balaban J connectivity index is 1.71. The fraction of sp³-hybridized carbons (Fsp3) is 0.351. The number of amides is 2. The van der Waals surface area contributed by atoms with Crippen LogP contribution in [-0.2, 0) is 13.0 Å². The highest BCUT2D eigenvalue weighted by Crippen LogP contribution is 2.27. The topological polar surface area (TPSA) is 125 Å². The Morgan fingerprint density at radius 2 is 1.50 bits per heavy atom. The van der Waals surface area contributed by atoms with Crippen molar-refractivity contribution in [1.29, 1.82) is 0 Å². The molecule has 46 heavy (non-hydrogen) atoms. The van der Waals surface area contributed by atoms with Crippen LogP contribution in [0.25, 0.3) is 16.8 Å². The predicted molar refractivity (Wildman–Crippen MR) is 179 cm³/mol. The average molecular weight is 625 g/mol. The highest BCUT2D eigenvalue weighted by molar-refractivity contribution is 5.99. The smallest absolute Gasteiger partial charge is 0.335 e. The SMILES string of the molecule is CCCCN(CCCC)C(=O)c1cc(C)n(-c2ccc(-c3ccc(C(=O)O)cc3)cc2C(=O)NCc2ccccc2CCCO)n1. The first kappa shape index (κ1) is 34.1. The maximum atomic E-state index is 13.9. The molecule has 0 aliphatic rings. The van der Waals surface area contributed by atoms with Gasteiger partial charge in [0.1, 0.15) is 0 Å². The molecule has 4 aromatic rings. The summed E-state index contributed by atoms with van der Waals surface area (Å²) in [5, 5.41) is 26.4. The van der Waals surface area contributed by atoms with E-state index in [4.69, 9.17) is 5.10 Å². The zero-order chi connectivity index (χ0) is 33.1. The summed E-state index contributed by atoms with van der Waals surface area (Å²) in [6.45, 7) is 7.80. The number of nitrogens with one attached hydrogen (secondary N) is 1. The van der Waals surface area contributed by atoms with E-state index in [1.165, 1.54) is 12.1 Å². The molecule has 9 heteroatoms. The predicted octanol–water partition coefficient (Wildman–Crippen LogP) is 6.44. The van der Waals surface area contributed by atoms with Gasteiger partial charge in [-0.05, 0) is 85.2 Å². The van der Waals surface area contributed by atoms with Crippen LogP contribution in [0.15, 0.2) is 72.8 Å². The molecule has 1 aromatic heterocycles. The molecule has 0 spiro atoms. The molecule has 4 rings (SSSR count). The quantitative estimate of drug-likeness (QED) is 0.132. The van der Waals surface area contributed by atoms with Gasteiger partial charge in [-0.15, -0.1) is 0 Å². The molecule has 0 radical (unpaired) electrons. The van der Waals surface area contributed by atoms with Crippen molar-refractivity contribution in [3.8, 4) is 16.8 Å². The van der Waals surface area contributed by atoms with Crippen molar-refractivity contribution in [2.45, 2.75) is 65.8 Å². The van der Waals surface area contributed by atoms with Gasteiger partial charge in [0.15, 0.2) is 5.69 Å². The molecular formula is C37H44N4O5. The molecule has 0 atom stereocenters. The van der Waals surface area contributed by atoms with Crippen LogP contribution in [0.5, 0.6) is 0 Å². The normalized spacial score (nSPS) is 11.0. The maximum absolute atomic E-state index is 13.9. The van der Waals surface area contributed by atoms with E-state index < -0.39 is 5.97 Å². The number of rotatable bonds is 16. The van der Waals surface area contributed by atoms with Gasteiger partial charge in [0.05, 0.1) is 16.8 Å². The van der Waals surface area contributed by atoms with Gasteiger partial charge in [0.2, 0.25) is 0 Å². The second-order valence-electron chi connectivity index (χ2n) is 11.5. The summed E-state index contributed by atoms with van der Waals surface area (Å²) in [6, 6.07) is 21.6. The summed E-state index contributed by atoms with van der Waals surface area (Å²) in [7, 11) is 0. The third kappa shape index (κ3) is 8.48. The van der Waals surface area contributed by atoms with Gasteiger partial charge in [-0.1, -0.05) is 69.2 Å². The van der Waals surface area contributed by atoms with Crippen LogP contribution in [0.2, 0.25) is 0 Å². The number of hydrogen-bond acceptors (Lipinski definition) is 5. The first-order chi connectivity index (χ1) is 22.3. The van der Waals surface area contributed by atoms with Crippen LogP contribution >= 0.6 is 0 Å². The van der Waals surface area contributed by atoms with Crippen molar-refractivity contribution in [2.75, 3.05) is 19.7 Å². The number of benzene rings is 3. The van der Waals surface area contributed by atoms with Crippen LogP contribution in [0.1, 0.15) is 94.0 Å². The molecule has 0 saturated carbocycles. The van der Waals surface area contributed by atoms with E-state index >= 15 is 0 Å². The largest absolute Gasteiger partial charge is 0.478 e. The van der Waals surface area contributed by atoms with Crippen molar-refractivity contribution in [3.05, 3.63) is 106 Å². The summed E-state index contributed by atoms with van der Waals surface area (Å²) < 4.78 is 1.65. The molecule has 0 fully saturated rings. The molecule has 242 valence electrons. The molecule has 1 heterocycles. The number of nitrogens with zero attached hydrogens (tertiary/aromatic N) is 3. The maximum Gasteiger partial charge on any atom is 0.335 e. The van der Waals surface area contributed by atoms with E-state index in [1.807, 2.05) is 48.2 Å². The number of aromatic carboxylic acids is 1. The molecule has 2 amide bonds. The standard InChI is InChI=1S/C37H44N4O5/c1-4-6-20-40(21-7-5-2)36(44)33-23-26(3)41(39-33)34-19-18-30(28-14-16-29(17-15-28)37(45)46)24-32(34)35(43)38-25-31-12-9-8-11-27(31)13-10-22-42/h8-9,11-12,14-19,23-24,42H,4-7,10,13,20-22,25H2,1-3H3,(H,38,43)(H,45,46). The lowest BCUT2D eigenvalue weighted by Crippen LogP contribution is -2.33. The van der Waals surface area contributed by atoms with Crippen molar-refractivity contribution >= 4 is 17.8 Å². The number of carboxylic acids is 1. The molecular weight excluding hydrogens is 580 g/mol. The third-order valence-electron chi connectivity index (χ3n) is 8.05. The summed E-state index contributed by atoms with van der Waals surface area (Å²) in [4.78, 5) is 40.7. The number of unbranched alkanes of at least 4 members (excludes halogenated alkanes) is 2. The minimum absolute atomic E-state index is 0.0902. The third-order valence-corrected chi connectivity index (χ3v) is 8.05. The van der Waals surface area contributed by atoms with E-state index in [2.05, 4.69) is 19.2 Å². The summed E-state index contributed by atoms with van der Waals surface area (Å²) >= 11 is 0. The number of aliphatic hydroxyl groups excluding tert-OH is 1. The van der Waals surface area contributed by atoms with E-state index in [1.54, 1.807) is 28.9 Å². The summed E-state index contributed by atoms with van der Waals surface area (Å²) in [5.41, 5.74) is 5.65. The Bertz CT molecular complexity index is 1640. The number of hydrogen-bond donors (Lipinski definition) is 3. The fourth-order valence-corrected chi connectivity index (χ4v) is 5.40. The number of aryl methyl sites for hydroxylation is 2. The van der Waals surface area contributed by atoms with Crippen LogP contribution in [0, 0.1) is 6.92 Å². The van der Waals surface area contributed by atoms with Gasteiger partial charge in [-0.3, -0.25) is 9.59 Å². The zero-order valence-electron chi connectivity index (χ0n) is 27.0. The molecule has 0 aliphatic carbocycles. The highest BCUT2D eigenvalue weighted by atomic mass is 16.4. The van der Waals surface area contributed by atoms with Gasteiger partial charge in [-0.25, -0.2) is 9.48 Å². The van der Waals surface area contributed by atoms with Crippen LogP contribution in [-0.4, -0.2) is 62.4 Å². The van der Waals surface area contributed by atoms with Gasteiger partial charge < -0.3 is 20.4 Å². The molecule has 0 saturated heterocycles. The van der Waals surface area contributed by atoms with Gasteiger partial charge in [0.25, 0.3) is 11.8 Å². The van der Waals surface area contributed by atoms with Crippen molar-refractivity contribution in [2.24, 2.45) is 0 Å². The number of aliphatic hydroxyl groups is 1. The van der Waals surface area contributed by atoms with Gasteiger partial charge in [0, 0.05) is 31.9 Å². The Labute approximate surface area is 270 Å². The lowest BCUT2D eigenvalue weighted by Gasteiger charge is -2.21. The van der Waals surface area contributed by atoms with Gasteiger partial charge >= 0.3 is 5.97 Å². The first-order valence-corrected chi connectivity index (χ1v) is 16.1. The zero-order valence-corrected chi connectivity index (χ0v) is 27.0. The number of carbonyl (C=O) groups excluding carboxylic acids is 2. The van der Waals surface area contributed by atoms with E-state index in [0.717, 1.165) is 53.6 Å². The lowest BCUT2D eigenvalue weighted by molar-refractivity contribution is 0.0695. The Morgan fingerprint density at radius 1 is 0.848 bits per heavy atom. The lowest BCUT2D eigenvalue weighted by atomic mass is 9.99. The van der Waals surface area contributed by atoms with Crippen LogP contribution in [0.4, 0.5) is 0 Å². The molecule has 0 aliphatic heterocycles. The minimum atomic E-state index is -1.01. The van der Waals surface area contributed by atoms with Crippen LogP contribution in [0.3, 0.4) is 0 Å². The summed E-state index contributed by atoms with van der Waals surface area (Å²) in [5.74, 6) is -1.45. The van der Waals surface area contributed by atoms with E-state index in [-0.39, 0.29) is 24.0 Å². The highest BCUT2D eigenvalue weighted by Gasteiger charge is 2.22. The number of carbonyl (C=O) groups is 3. The van der Waals surface area contributed by atoms with E-state index in [9.17, 15) is 24.6 Å². The van der Waals surface area contributed by atoms with Crippen LogP contribution < -0.4 is 5.32 Å². The van der Waals surface area contributed by atoms with Crippen molar-refractivity contribution in [1.82, 2.24) is 20.0 Å². The number of aromatic nitrogens is 2. The molecule has 9 nitrogen and oxygen atoms in total. The monoisotopic (exact) mass is 624 g/mol. The Hall–Kier alpha value is -4.76. The molecule has 0 bridgehead atoms. The van der Waals surface area contributed by atoms with Crippen molar-refractivity contribution in [3.63, 3.8) is 0 Å². The Morgan fingerprint density at radius 3 is 2.13 bits per heavy atom. The van der Waals surface area contributed by atoms with Crippen molar-refractivity contribution < 1.29 is 24.6 Å². The average Bonchev–Trinajstić information content (AvgIpc) is 3.47. The molecule has 3 aromatic carbocycles. The first-order valence-electron chi connectivity index (χ1n) is 16.1. The minimum Gasteiger partial charge on any atom is -0.478 e. The summed E-state index contributed by atoms with van der Waals surface area (Å²) in [6.07, 6.45) is 5.13. The number of carboxylic acid groups (broad SMARTS) is 1. The second kappa shape index (κ2) is 16.5.